The van der Waals surface area contributed by atoms with Gasteiger partial charge in [-0.05, 0) is 37.0 Å². The van der Waals surface area contributed by atoms with Crippen LogP contribution in [0, 0.1) is 5.92 Å². The van der Waals surface area contributed by atoms with E-state index in [2.05, 4.69) is 23.1 Å². The lowest BCUT2D eigenvalue weighted by Gasteiger charge is -2.47. The fraction of sp³-hybridized carbons (Fsp3) is 0.647. The fourth-order valence-electron chi connectivity index (χ4n) is 3.81. The van der Waals surface area contributed by atoms with Crippen LogP contribution in [0.3, 0.4) is 0 Å². The molecule has 110 valence electrons. The van der Waals surface area contributed by atoms with E-state index < -0.39 is 0 Å². The molecule has 1 aromatic rings. The summed E-state index contributed by atoms with van der Waals surface area (Å²) in [6.07, 6.45) is 5.60. The van der Waals surface area contributed by atoms with Crippen molar-refractivity contribution in [3.63, 3.8) is 0 Å². The van der Waals surface area contributed by atoms with E-state index >= 15 is 0 Å². The minimum Gasteiger partial charge on any atom is -0.497 e. The van der Waals surface area contributed by atoms with Crippen LogP contribution in [0.4, 0.5) is 0 Å². The van der Waals surface area contributed by atoms with Crippen LogP contribution < -0.4 is 4.74 Å². The Bertz CT molecular complexity index is 462. The second-order valence-corrected chi connectivity index (χ2v) is 6.38. The molecule has 2 fully saturated rings. The molecule has 3 nitrogen and oxygen atoms in total. The summed E-state index contributed by atoms with van der Waals surface area (Å²) in [7, 11) is 1.71. The number of methoxy groups -OCH3 is 1. The number of rotatable bonds is 3. The lowest BCUT2D eigenvalue weighted by molar-refractivity contribution is -0.0967. The van der Waals surface area contributed by atoms with Crippen molar-refractivity contribution < 1.29 is 9.84 Å². The number of aliphatic hydroxyl groups is 1. The second kappa shape index (κ2) is 5.74. The van der Waals surface area contributed by atoms with Crippen molar-refractivity contribution in [2.24, 2.45) is 5.92 Å². The van der Waals surface area contributed by atoms with Crippen molar-refractivity contribution in [3.05, 3.63) is 29.8 Å². The molecule has 1 heterocycles. The molecule has 20 heavy (non-hydrogen) atoms. The zero-order valence-electron chi connectivity index (χ0n) is 12.3. The number of ether oxygens (including phenoxy) is 1. The first-order chi connectivity index (χ1) is 9.69. The molecule has 1 aromatic carbocycles. The van der Waals surface area contributed by atoms with Crippen LogP contribution in [0.5, 0.6) is 5.75 Å². The average molecular weight is 275 g/mol. The minimum absolute atomic E-state index is 0.372. The maximum atomic E-state index is 10.7. The topological polar surface area (TPSA) is 32.7 Å². The van der Waals surface area contributed by atoms with Gasteiger partial charge in [0, 0.05) is 25.6 Å². The molecule has 0 radical (unpaired) electrons. The lowest BCUT2D eigenvalue weighted by Crippen LogP contribution is -2.52. The van der Waals surface area contributed by atoms with E-state index in [9.17, 15) is 5.11 Å². The Kier molecular flexibility index (Phi) is 3.99. The van der Waals surface area contributed by atoms with Gasteiger partial charge in [0.1, 0.15) is 5.75 Å². The standard InChI is InChI=1S/C17H25NO2/c1-20-16-7-4-5-14(11-16)12-18-10-9-17(19)8-3-2-6-15(17)13-18/h4-5,7,11,15,19H,2-3,6,8-10,12-13H2,1H3. The van der Waals surface area contributed by atoms with Crippen molar-refractivity contribution in [1.82, 2.24) is 4.90 Å². The van der Waals surface area contributed by atoms with Crippen molar-refractivity contribution >= 4 is 0 Å². The molecule has 0 amide bonds. The highest BCUT2D eigenvalue weighted by Gasteiger charge is 2.42. The second-order valence-electron chi connectivity index (χ2n) is 6.38. The van der Waals surface area contributed by atoms with Crippen molar-refractivity contribution in [1.29, 1.82) is 0 Å². The van der Waals surface area contributed by atoms with E-state index in [0.29, 0.717) is 5.92 Å². The van der Waals surface area contributed by atoms with Crippen molar-refractivity contribution in [2.45, 2.75) is 44.2 Å². The summed E-state index contributed by atoms with van der Waals surface area (Å²) in [6.45, 7) is 3.00. The van der Waals surface area contributed by atoms with Gasteiger partial charge >= 0.3 is 0 Å². The molecule has 3 heteroatoms. The predicted octanol–water partition coefficient (Wildman–Crippen LogP) is 2.82. The Morgan fingerprint density at radius 1 is 1.35 bits per heavy atom. The molecule has 2 aliphatic rings. The largest absolute Gasteiger partial charge is 0.497 e. The summed E-state index contributed by atoms with van der Waals surface area (Å²) >= 11 is 0. The van der Waals surface area contributed by atoms with Gasteiger partial charge in [-0.2, -0.15) is 0 Å². The summed E-state index contributed by atoms with van der Waals surface area (Å²) in [5, 5.41) is 10.7. The SMILES string of the molecule is COc1cccc(CN2CCC3(O)CCCCC3C2)c1. The first kappa shape index (κ1) is 13.9. The number of hydrogen-bond donors (Lipinski definition) is 1. The van der Waals surface area contributed by atoms with Crippen molar-refractivity contribution in [2.75, 3.05) is 20.2 Å². The third-order valence-corrected chi connectivity index (χ3v) is 5.05. The Labute approximate surface area is 121 Å². The summed E-state index contributed by atoms with van der Waals surface area (Å²) in [6, 6.07) is 8.31. The van der Waals surface area contributed by atoms with Crippen LogP contribution in [-0.2, 0) is 6.54 Å². The smallest absolute Gasteiger partial charge is 0.119 e. The fourth-order valence-corrected chi connectivity index (χ4v) is 3.81. The normalized spacial score (nSPS) is 30.8. The quantitative estimate of drug-likeness (QED) is 0.920. The highest BCUT2D eigenvalue weighted by molar-refractivity contribution is 5.28. The molecule has 3 rings (SSSR count). The first-order valence-electron chi connectivity index (χ1n) is 7.77. The molecular weight excluding hydrogens is 250 g/mol. The van der Waals surface area contributed by atoms with Gasteiger partial charge in [-0.25, -0.2) is 0 Å². The lowest BCUT2D eigenvalue weighted by atomic mass is 9.71. The van der Waals surface area contributed by atoms with E-state index in [1.54, 1.807) is 7.11 Å². The Hall–Kier alpha value is -1.06. The van der Waals surface area contributed by atoms with Crippen LogP contribution in [-0.4, -0.2) is 35.8 Å². The summed E-state index contributed by atoms with van der Waals surface area (Å²) < 4.78 is 5.29. The van der Waals surface area contributed by atoms with Gasteiger partial charge in [-0.1, -0.05) is 25.0 Å². The Morgan fingerprint density at radius 3 is 3.10 bits per heavy atom. The molecule has 1 aliphatic heterocycles. The predicted molar refractivity (Wildman–Crippen MR) is 79.8 cm³/mol. The van der Waals surface area contributed by atoms with Crippen LogP contribution in [0.15, 0.2) is 24.3 Å². The number of piperidine rings is 1. The van der Waals surface area contributed by atoms with Crippen molar-refractivity contribution in [3.8, 4) is 5.75 Å². The number of benzene rings is 1. The number of hydrogen-bond acceptors (Lipinski definition) is 3. The van der Waals surface area contributed by atoms with E-state index in [4.69, 9.17) is 4.74 Å². The van der Waals surface area contributed by atoms with Gasteiger partial charge in [-0.15, -0.1) is 0 Å². The van der Waals surface area contributed by atoms with E-state index in [0.717, 1.165) is 38.2 Å². The van der Waals surface area contributed by atoms with E-state index in [1.807, 2.05) is 6.07 Å². The van der Waals surface area contributed by atoms with Gasteiger partial charge in [0.2, 0.25) is 0 Å². The summed E-state index contributed by atoms with van der Waals surface area (Å²) in [5.74, 6) is 1.39. The zero-order chi connectivity index (χ0) is 14.0. The summed E-state index contributed by atoms with van der Waals surface area (Å²) in [4.78, 5) is 2.49. The molecule has 1 N–H and O–H groups in total. The highest BCUT2D eigenvalue weighted by atomic mass is 16.5. The van der Waals surface area contributed by atoms with Gasteiger partial charge in [0.05, 0.1) is 12.7 Å². The Morgan fingerprint density at radius 2 is 2.25 bits per heavy atom. The maximum Gasteiger partial charge on any atom is 0.119 e. The van der Waals surface area contributed by atoms with Gasteiger partial charge in [0.15, 0.2) is 0 Å². The van der Waals surface area contributed by atoms with E-state index in [1.165, 1.54) is 24.8 Å². The van der Waals surface area contributed by atoms with Gasteiger partial charge < -0.3 is 9.84 Å². The molecule has 2 atom stereocenters. The molecule has 0 spiro atoms. The minimum atomic E-state index is -0.372. The molecule has 0 bridgehead atoms. The zero-order valence-corrected chi connectivity index (χ0v) is 12.3. The first-order valence-corrected chi connectivity index (χ1v) is 7.77. The third kappa shape index (κ3) is 2.84. The molecular formula is C17H25NO2. The number of nitrogens with zero attached hydrogens (tertiary/aromatic N) is 1. The molecule has 2 unspecified atom stereocenters. The number of fused-ring (bicyclic) bond motifs is 1. The van der Waals surface area contributed by atoms with Crippen LogP contribution in [0.1, 0.15) is 37.7 Å². The van der Waals surface area contributed by atoms with Crippen LogP contribution in [0.25, 0.3) is 0 Å². The Balaban J connectivity index is 1.64. The maximum absolute atomic E-state index is 10.7. The highest BCUT2D eigenvalue weighted by Crippen LogP contribution is 2.40. The van der Waals surface area contributed by atoms with Crippen LogP contribution in [0.2, 0.25) is 0 Å². The molecule has 1 aliphatic carbocycles. The summed E-state index contributed by atoms with van der Waals surface area (Å²) in [5.41, 5.74) is 0.925. The molecule has 1 saturated heterocycles. The monoisotopic (exact) mass is 275 g/mol. The molecule has 0 aromatic heterocycles. The average Bonchev–Trinajstić information content (AvgIpc) is 2.48. The van der Waals surface area contributed by atoms with E-state index in [-0.39, 0.29) is 5.60 Å². The van der Waals surface area contributed by atoms with Crippen LogP contribution >= 0.6 is 0 Å². The third-order valence-electron chi connectivity index (χ3n) is 5.05. The number of likely N-dealkylation sites (tertiary alicyclic amines) is 1. The van der Waals surface area contributed by atoms with Gasteiger partial charge in [0.25, 0.3) is 0 Å². The van der Waals surface area contributed by atoms with Gasteiger partial charge in [-0.3, -0.25) is 4.90 Å². The molecule has 1 saturated carbocycles.